The molecule has 0 N–H and O–H groups in total. The van der Waals surface area contributed by atoms with E-state index in [1.165, 1.54) is 12.1 Å². The third-order valence-corrected chi connectivity index (χ3v) is 2.31. The number of aromatic nitrogens is 1. The van der Waals surface area contributed by atoms with Crippen LogP contribution in [0.15, 0.2) is 35.1 Å². The number of benzene rings is 1. The Morgan fingerprint density at radius 2 is 2.08 bits per heavy atom. The van der Waals surface area contributed by atoms with E-state index in [0.29, 0.717) is 4.60 Å². The van der Waals surface area contributed by atoms with Crippen molar-refractivity contribution in [2.45, 2.75) is 0 Å². The number of hydrogen-bond donors (Lipinski definition) is 0. The lowest BCUT2D eigenvalue weighted by molar-refractivity contribution is 0.629. The fourth-order valence-electron chi connectivity index (χ4n) is 1.11. The summed E-state index contributed by atoms with van der Waals surface area (Å²) in [6, 6.07) is 6.48. The zero-order valence-corrected chi connectivity index (χ0v) is 7.68. The van der Waals surface area contributed by atoms with Gasteiger partial charge in [0.15, 0.2) is 0 Å². The van der Waals surface area contributed by atoms with Gasteiger partial charge in [-0.3, -0.25) is 0 Å². The molecule has 0 amide bonds. The smallest absolute Gasteiger partial charge is 0.123 e. The van der Waals surface area contributed by atoms with E-state index < -0.39 is 0 Å². The van der Waals surface area contributed by atoms with Gasteiger partial charge in [-0.05, 0) is 39.5 Å². The summed E-state index contributed by atoms with van der Waals surface area (Å²) >= 11 is 3.25. The van der Waals surface area contributed by atoms with Crippen molar-refractivity contribution in [3.63, 3.8) is 0 Å². The first-order valence-corrected chi connectivity index (χ1v) is 4.26. The van der Waals surface area contributed by atoms with Crippen molar-refractivity contribution in [3.05, 3.63) is 40.9 Å². The summed E-state index contributed by atoms with van der Waals surface area (Å²) in [5.74, 6) is -0.240. The predicted octanol–water partition coefficient (Wildman–Crippen LogP) is 3.14. The van der Waals surface area contributed by atoms with Gasteiger partial charge in [0.05, 0.1) is 0 Å². The molecule has 0 bridgehead atoms. The van der Waals surface area contributed by atoms with E-state index in [-0.39, 0.29) is 5.82 Å². The first-order valence-electron chi connectivity index (χ1n) is 3.47. The van der Waals surface area contributed by atoms with Crippen molar-refractivity contribution < 1.29 is 4.39 Å². The molecule has 0 atom stereocenters. The molecule has 0 radical (unpaired) electrons. The first kappa shape index (κ1) is 7.68. The van der Waals surface area contributed by atoms with Crippen molar-refractivity contribution in [1.29, 1.82) is 0 Å². The van der Waals surface area contributed by atoms with Crippen LogP contribution >= 0.6 is 15.9 Å². The summed E-state index contributed by atoms with van der Waals surface area (Å²) in [6.45, 7) is 0. The molecule has 3 heteroatoms. The maximum atomic E-state index is 12.8. The Bertz CT molecular complexity index is 428. The highest BCUT2D eigenvalue weighted by Gasteiger charge is 1.99. The van der Waals surface area contributed by atoms with Crippen LogP contribution in [0.2, 0.25) is 0 Å². The van der Waals surface area contributed by atoms with Crippen LogP contribution in [0, 0.1) is 5.82 Å². The van der Waals surface area contributed by atoms with Crippen LogP contribution in [0.3, 0.4) is 0 Å². The SMILES string of the molecule is Fc1ccc2ccnc(Br)c2c1. The van der Waals surface area contributed by atoms with Crippen molar-refractivity contribution in [3.8, 4) is 0 Å². The Morgan fingerprint density at radius 1 is 1.25 bits per heavy atom. The molecule has 0 aliphatic carbocycles. The Hall–Kier alpha value is -0.960. The lowest BCUT2D eigenvalue weighted by Gasteiger charge is -1.98. The number of hydrogen-bond acceptors (Lipinski definition) is 1. The first-order chi connectivity index (χ1) is 5.77. The van der Waals surface area contributed by atoms with Gasteiger partial charge in [-0.1, -0.05) is 6.07 Å². The van der Waals surface area contributed by atoms with E-state index in [0.717, 1.165) is 10.8 Å². The average Bonchev–Trinajstić information content (AvgIpc) is 2.07. The third kappa shape index (κ3) is 1.20. The molecule has 0 spiro atoms. The number of fused-ring (bicyclic) bond motifs is 1. The van der Waals surface area contributed by atoms with Gasteiger partial charge >= 0.3 is 0 Å². The maximum Gasteiger partial charge on any atom is 0.123 e. The summed E-state index contributed by atoms with van der Waals surface area (Å²) in [7, 11) is 0. The number of halogens is 2. The Morgan fingerprint density at radius 3 is 2.92 bits per heavy atom. The lowest BCUT2D eigenvalue weighted by atomic mass is 10.2. The lowest BCUT2D eigenvalue weighted by Crippen LogP contribution is -1.80. The van der Waals surface area contributed by atoms with Crippen LogP contribution in [0.4, 0.5) is 4.39 Å². The Kier molecular flexibility index (Phi) is 1.81. The van der Waals surface area contributed by atoms with Crippen LogP contribution in [0.25, 0.3) is 10.8 Å². The Balaban J connectivity index is 2.88. The monoisotopic (exact) mass is 225 g/mol. The van der Waals surface area contributed by atoms with Crippen molar-refractivity contribution in [2.75, 3.05) is 0 Å². The molecule has 12 heavy (non-hydrogen) atoms. The van der Waals surface area contributed by atoms with Gasteiger partial charge in [0, 0.05) is 11.6 Å². The number of rotatable bonds is 0. The van der Waals surface area contributed by atoms with Crippen LogP contribution in [0.5, 0.6) is 0 Å². The molecule has 0 aliphatic heterocycles. The van der Waals surface area contributed by atoms with Gasteiger partial charge in [-0.15, -0.1) is 0 Å². The van der Waals surface area contributed by atoms with E-state index in [9.17, 15) is 4.39 Å². The summed E-state index contributed by atoms with van der Waals surface area (Å²) in [4.78, 5) is 4.00. The molecule has 60 valence electrons. The quantitative estimate of drug-likeness (QED) is 0.629. The van der Waals surface area contributed by atoms with Crippen LogP contribution in [0.1, 0.15) is 0 Å². The van der Waals surface area contributed by atoms with Crippen molar-refractivity contribution >= 4 is 26.7 Å². The number of pyridine rings is 1. The molecular weight excluding hydrogens is 221 g/mol. The summed E-state index contributed by atoms with van der Waals surface area (Å²) < 4.78 is 13.4. The molecule has 0 saturated carbocycles. The zero-order chi connectivity index (χ0) is 8.55. The van der Waals surface area contributed by atoms with Gasteiger partial charge in [0.1, 0.15) is 10.4 Å². The minimum absolute atomic E-state index is 0.240. The highest BCUT2D eigenvalue weighted by Crippen LogP contribution is 2.21. The van der Waals surface area contributed by atoms with Gasteiger partial charge in [0.2, 0.25) is 0 Å². The molecule has 0 unspecified atom stereocenters. The third-order valence-electron chi connectivity index (χ3n) is 1.68. The molecule has 1 nitrogen and oxygen atoms in total. The Labute approximate surface area is 77.4 Å². The summed E-state index contributed by atoms with van der Waals surface area (Å²) in [5.41, 5.74) is 0. The van der Waals surface area contributed by atoms with E-state index in [4.69, 9.17) is 0 Å². The summed E-state index contributed by atoms with van der Waals surface area (Å²) in [6.07, 6.45) is 1.68. The fourth-order valence-corrected chi connectivity index (χ4v) is 1.57. The second kappa shape index (κ2) is 2.83. The second-order valence-electron chi connectivity index (χ2n) is 2.47. The molecule has 2 rings (SSSR count). The molecule has 1 aromatic heterocycles. The molecule has 1 heterocycles. The number of nitrogens with zero attached hydrogens (tertiary/aromatic N) is 1. The minimum Gasteiger partial charge on any atom is -0.249 e. The van der Waals surface area contributed by atoms with Crippen molar-refractivity contribution in [1.82, 2.24) is 4.98 Å². The van der Waals surface area contributed by atoms with E-state index in [1.807, 2.05) is 6.07 Å². The van der Waals surface area contributed by atoms with Gasteiger partial charge in [-0.25, -0.2) is 9.37 Å². The van der Waals surface area contributed by atoms with Crippen LogP contribution in [-0.2, 0) is 0 Å². The molecule has 2 aromatic rings. The van der Waals surface area contributed by atoms with E-state index in [2.05, 4.69) is 20.9 Å². The van der Waals surface area contributed by atoms with Crippen molar-refractivity contribution in [2.24, 2.45) is 0 Å². The summed E-state index contributed by atoms with van der Waals surface area (Å²) in [5, 5.41) is 1.79. The zero-order valence-electron chi connectivity index (χ0n) is 6.09. The molecular formula is C9H5BrFN. The molecule has 0 saturated heterocycles. The van der Waals surface area contributed by atoms with Gasteiger partial charge < -0.3 is 0 Å². The predicted molar refractivity (Wildman–Crippen MR) is 49.4 cm³/mol. The molecule has 0 aliphatic rings. The largest absolute Gasteiger partial charge is 0.249 e. The maximum absolute atomic E-state index is 12.8. The standard InChI is InChI=1S/C9H5BrFN/c10-9-8-5-7(11)2-1-6(8)3-4-12-9/h1-5H. The average molecular weight is 226 g/mol. The second-order valence-corrected chi connectivity index (χ2v) is 3.22. The van der Waals surface area contributed by atoms with Gasteiger partial charge in [0.25, 0.3) is 0 Å². The van der Waals surface area contributed by atoms with Crippen LogP contribution < -0.4 is 0 Å². The topological polar surface area (TPSA) is 12.9 Å². The van der Waals surface area contributed by atoms with Crippen LogP contribution in [-0.4, -0.2) is 4.98 Å². The highest BCUT2D eigenvalue weighted by atomic mass is 79.9. The minimum atomic E-state index is -0.240. The van der Waals surface area contributed by atoms with Gasteiger partial charge in [-0.2, -0.15) is 0 Å². The molecule has 0 fully saturated rings. The van der Waals surface area contributed by atoms with E-state index in [1.54, 1.807) is 12.3 Å². The highest BCUT2D eigenvalue weighted by molar-refractivity contribution is 9.10. The fraction of sp³-hybridized carbons (Fsp3) is 0. The van der Waals surface area contributed by atoms with E-state index >= 15 is 0 Å². The normalized spacial score (nSPS) is 10.5. The molecule has 1 aromatic carbocycles.